The van der Waals surface area contributed by atoms with Crippen LogP contribution >= 0.6 is 0 Å². The predicted octanol–water partition coefficient (Wildman–Crippen LogP) is 2.37. The normalized spacial score (nSPS) is 19.8. The van der Waals surface area contributed by atoms with Crippen LogP contribution in [0.15, 0.2) is 59.4 Å². The molecule has 0 saturated heterocycles. The van der Waals surface area contributed by atoms with E-state index in [0.717, 1.165) is 5.56 Å². The summed E-state index contributed by atoms with van der Waals surface area (Å²) in [6, 6.07) is 16.3. The zero-order chi connectivity index (χ0) is 16.7. The summed E-state index contributed by atoms with van der Waals surface area (Å²) in [6.45, 7) is 1.73. The zero-order valence-electron chi connectivity index (χ0n) is 13.3. The molecular weight excluding hydrogens is 302 g/mol. The van der Waals surface area contributed by atoms with Gasteiger partial charge in [0.15, 0.2) is 0 Å². The standard InChI is InChI=1S/C19H17N3O2/c1-12-18(23)21-16(11-13-7-3-2-4-8-13)17-20-15-10-6-5-9-14(15)19(24)22(12)17/h2-10,12,16H,11H2,1H3,(H,21,23)/t12-,16+/m0/s1. The van der Waals surface area contributed by atoms with Gasteiger partial charge in [-0.05, 0) is 31.0 Å². The summed E-state index contributed by atoms with van der Waals surface area (Å²) in [5, 5.41) is 3.54. The van der Waals surface area contributed by atoms with E-state index < -0.39 is 6.04 Å². The highest BCUT2D eigenvalue weighted by atomic mass is 16.2. The molecule has 4 rings (SSSR count). The van der Waals surface area contributed by atoms with Gasteiger partial charge in [-0.3, -0.25) is 14.2 Å². The molecule has 0 spiro atoms. The molecule has 0 aliphatic carbocycles. The molecular formula is C19H17N3O2. The predicted molar refractivity (Wildman–Crippen MR) is 91.7 cm³/mol. The van der Waals surface area contributed by atoms with Gasteiger partial charge >= 0.3 is 0 Å². The Morgan fingerprint density at radius 1 is 1.04 bits per heavy atom. The maximum Gasteiger partial charge on any atom is 0.262 e. The van der Waals surface area contributed by atoms with Crippen molar-refractivity contribution >= 4 is 16.8 Å². The molecule has 5 nitrogen and oxygen atoms in total. The average molecular weight is 319 g/mol. The number of amides is 1. The first kappa shape index (κ1) is 14.6. The molecule has 5 heteroatoms. The highest BCUT2D eigenvalue weighted by Gasteiger charge is 2.32. The van der Waals surface area contributed by atoms with Crippen LogP contribution < -0.4 is 10.9 Å². The molecule has 120 valence electrons. The number of nitrogens with one attached hydrogen (secondary N) is 1. The second-order valence-electron chi connectivity index (χ2n) is 6.09. The Hall–Kier alpha value is -2.95. The van der Waals surface area contributed by atoms with Crippen molar-refractivity contribution in [2.75, 3.05) is 0 Å². The minimum absolute atomic E-state index is 0.150. The first-order chi connectivity index (χ1) is 11.6. The van der Waals surface area contributed by atoms with Crippen molar-refractivity contribution in [3.63, 3.8) is 0 Å². The lowest BCUT2D eigenvalue weighted by Gasteiger charge is -2.31. The molecule has 0 fully saturated rings. The number of para-hydroxylation sites is 1. The highest BCUT2D eigenvalue weighted by molar-refractivity contribution is 5.83. The molecule has 1 aliphatic rings. The van der Waals surface area contributed by atoms with Gasteiger partial charge in [0.05, 0.1) is 16.9 Å². The lowest BCUT2D eigenvalue weighted by atomic mass is 10.0. The Morgan fingerprint density at radius 3 is 2.54 bits per heavy atom. The maximum atomic E-state index is 12.9. The lowest BCUT2D eigenvalue weighted by Crippen LogP contribution is -2.47. The van der Waals surface area contributed by atoms with Crippen molar-refractivity contribution < 1.29 is 4.79 Å². The third-order valence-electron chi connectivity index (χ3n) is 4.51. The number of rotatable bonds is 2. The molecule has 0 radical (unpaired) electrons. The van der Waals surface area contributed by atoms with E-state index in [1.807, 2.05) is 48.5 Å². The van der Waals surface area contributed by atoms with Gasteiger partial charge in [-0.25, -0.2) is 4.98 Å². The summed E-state index contributed by atoms with van der Waals surface area (Å²) in [5.74, 6) is 0.470. The van der Waals surface area contributed by atoms with Gasteiger partial charge in [0.25, 0.3) is 5.56 Å². The van der Waals surface area contributed by atoms with Crippen LogP contribution in [-0.4, -0.2) is 15.5 Å². The van der Waals surface area contributed by atoms with E-state index >= 15 is 0 Å². The summed E-state index contributed by atoms with van der Waals surface area (Å²) in [5.41, 5.74) is 1.59. The minimum atomic E-state index is -0.559. The first-order valence-electron chi connectivity index (χ1n) is 8.00. The largest absolute Gasteiger partial charge is 0.344 e. The molecule has 2 aromatic carbocycles. The van der Waals surface area contributed by atoms with Gasteiger partial charge in [0.1, 0.15) is 11.9 Å². The van der Waals surface area contributed by atoms with Crippen LogP contribution in [0.25, 0.3) is 10.9 Å². The number of aromatic nitrogens is 2. The molecule has 1 amide bonds. The Kier molecular flexibility index (Phi) is 3.41. The molecule has 0 bridgehead atoms. The number of fused-ring (bicyclic) bond motifs is 2. The molecule has 2 atom stereocenters. The summed E-state index contributed by atoms with van der Waals surface area (Å²) in [6.07, 6.45) is 0.601. The van der Waals surface area contributed by atoms with Crippen molar-refractivity contribution in [2.24, 2.45) is 0 Å². The number of hydrogen-bond acceptors (Lipinski definition) is 3. The van der Waals surface area contributed by atoms with E-state index in [1.54, 1.807) is 13.0 Å². The maximum absolute atomic E-state index is 12.9. The fourth-order valence-corrected chi connectivity index (χ4v) is 3.25. The van der Waals surface area contributed by atoms with E-state index in [4.69, 9.17) is 0 Å². The van der Waals surface area contributed by atoms with Crippen molar-refractivity contribution in [1.29, 1.82) is 0 Å². The van der Waals surface area contributed by atoms with Crippen LogP contribution in [0.3, 0.4) is 0 Å². The summed E-state index contributed by atoms with van der Waals surface area (Å²) >= 11 is 0. The summed E-state index contributed by atoms with van der Waals surface area (Å²) < 4.78 is 1.54. The smallest absolute Gasteiger partial charge is 0.262 e. The zero-order valence-corrected chi connectivity index (χ0v) is 13.3. The first-order valence-corrected chi connectivity index (χ1v) is 8.00. The van der Waals surface area contributed by atoms with Crippen molar-refractivity contribution in [3.05, 3.63) is 76.3 Å². The number of hydrogen-bond donors (Lipinski definition) is 1. The van der Waals surface area contributed by atoms with Crippen molar-refractivity contribution in [2.45, 2.75) is 25.4 Å². The minimum Gasteiger partial charge on any atom is -0.344 e. The van der Waals surface area contributed by atoms with Crippen molar-refractivity contribution in [3.8, 4) is 0 Å². The molecule has 0 unspecified atom stereocenters. The quantitative estimate of drug-likeness (QED) is 0.789. The van der Waals surface area contributed by atoms with Crippen LogP contribution in [0.2, 0.25) is 0 Å². The van der Waals surface area contributed by atoms with Crippen LogP contribution in [0.1, 0.15) is 30.4 Å². The average Bonchev–Trinajstić information content (AvgIpc) is 2.60. The monoisotopic (exact) mass is 319 g/mol. The van der Waals surface area contributed by atoms with Crippen LogP contribution in [0, 0.1) is 0 Å². The second-order valence-corrected chi connectivity index (χ2v) is 6.09. The fourth-order valence-electron chi connectivity index (χ4n) is 3.25. The Balaban J connectivity index is 1.90. The Morgan fingerprint density at radius 2 is 1.75 bits per heavy atom. The van der Waals surface area contributed by atoms with E-state index in [2.05, 4.69) is 10.3 Å². The third kappa shape index (κ3) is 2.29. The molecule has 0 saturated carbocycles. The number of nitrogens with zero attached hydrogens (tertiary/aromatic N) is 2. The van der Waals surface area contributed by atoms with Crippen LogP contribution in [0.5, 0.6) is 0 Å². The summed E-state index contributed by atoms with van der Waals surface area (Å²) in [4.78, 5) is 29.9. The molecule has 1 N–H and O–H groups in total. The van der Waals surface area contributed by atoms with E-state index in [0.29, 0.717) is 23.1 Å². The van der Waals surface area contributed by atoms with Crippen LogP contribution in [0.4, 0.5) is 0 Å². The Labute approximate surface area is 139 Å². The number of carbonyl (C=O) groups excluding carboxylic acids is 1. The van der Waals surface area contributed by atoms with E-state index in [-0.39, 0.29) is 17.5 Å². The van der Waals surface area contributed by atoms with Gasteiger partial charge in [0.2, 0.25) is 5.91 Å². The lowest BCUT2D eigenvalue weighted by molar-refractivity contribution is -0.126. The third-order valence-corrected chi connectivity index (χ3v) is 4.51. The molecule has 1 aromatic heterocycles. The van der Waals surface area contributed by atoms with Gasteiger partial charge < -0.3 is 5.32 Å². The summed E-state index contributed by atoms with van der Waals surface area (Å²) in [7, 11) is 0. The number of carbonyl (C=O) groups is 1. The topological polar surface area (TPSA) is 64.0 Å². The SMILES string of the molecule is C[C@H]1C(=O)N[C@H](Cc2ccccc2)c2nc3ccccc3c(=O)n21. The highest BCUT2D eigenvalue weighted by Crippen LogP contribution is 2.25. The molecule has 24 heavy (non-hydrogen) atoms. The molecule has 3 aromatic rings. The van der Waals surface area contributed by atoms with Gasteiger partial charge in [-0.1, -0.05) is 42.5 Å². The van der Waals surface area contributed by atoms with E-state index in [9.17, 15) is 9.59 Å². The number of benzene rings is 2. The van der Waals surface area contributed by atoms with Crippen molar-refractivity contribution in [1.82, 2.24) is 14.9 Å². The second kappa shape index (κ2) is 5.60. The van der Waals surface area contributed by atoms with Crippen LogP contribution in [-0.2, 0) is 11.2 Å². The fraction of sp³-hybridized carbons (Fsp3) is 0.211. The molecule has 2 heterocycles. The van der Waals surface area contributed by atoms with Gasteiger partial charge in [-0.2, -0.15) is 0 Å². The van der Waals surface area contributed by atoms with E-state index in [1.165, 1.54) is 4.57 Å². The van der Waals surface area contributed by atoms with Gasteiger partial charge in [-0.15, -0.1) is 0 Å². The van der Waals surface area contributed by atoms with Gasteiger partial charge in [0, 0.05) is 0 Å². The molecule has 1 aliphatic heterocycles. The Bertz CT molecular complexity index is 979.